The average Bonchev–Trinajstić information content (AvgIpc) is 2.17. The van der Waals surface area contributed by atoms with Gasteiger partial charge in [0.05, 0.1) is 4.92 Å². The zero-order chi connectivity index (χ0) is 11.6. The van der Waals surface area contributed by atoms with Crippen LogP contribution >= 0.6 is 0 Å². The maximum atomic E-state index is 11.4. The van der Waals surface area contributed by atoms with Gasteiger partial charge in [-0.1, -0.05) is 12.6 Å². The van der Waals surface area contributed by atoms with Crippen LogP contribution in [0.4, 0.5) is 5.69 Å². The van der Waals surface area contributed by atoms with Crippen molar-refractivity contribution in [3.05, 3.63) is 45.9 Å². The third kappa shape index (κ3) is 2.21. The Bertz CT molecular complexity index is 519. The molecule has 0 bridgehead atoms. The molecule has 0 aliphatic heterocycles. The van der Waals surface area contributed by atoms with E-state index in [1.54, 1.807) is 6.92 Å². The van der Waals surface area contributed by atoms with E-state index in [1.165, 1.54) is 18.2 Å². The maximum Gasteiger partial charge on any atom is 0.288 e. The monoisotopic (exact) mass is 227 g/mol. The molecule has 0 radical (unpaired) electrons. The molecule has 15 heavy (non-hydrogen) atoms. The smallest absolute Gasteiger partial charge is 0.258 e. The second kappa shape index (κ2) is 3.82. The normalized spacial score (nSPS) is 11.0. The largest absolute Gasteiger partial charge is 0.288 e. The summed E-state index contributed by atoms with van der Waals surface area (Å²) in [5.74, 6) is 0. The van der Waals surface area contributed by atoms with Gasteiger partial charge in [-0.15, -0.1) is 0 Å². The Balaban J connectivity index is 3.56. The molecule has 0 aromatic heterocycles. The van der Waals surface area contributed by atoms with Crippen LogP contribution in [0.2, 0.25) is 0 Å². The number of nitrogens with zero attached hydrogens (tertiary/aromatic N) is 1. The molecule has 5 nitrogen and oxygen atoms in total. The zero-order valence-corrected chi connectivity index (χ0v) is 8.82. The van der Waals surface area contributed by atoms with E-state index >= 15 is 0 Å². The SMILES string of the molecule is C=CS(=O)(=O)c1ccc(C)cc1[N+](=O)[O-]. The summed E-state index contributed by atoms with van der Waals surface area (Å²) in [7, 11) is -3.77. The molecular formula is C9H9NO4S. The van der Waals surface area contributed by atoms with Crippen LogP contribution in [0.25, 0.3) is 0 Å². The zero-order valence-electron chi connectivity index (χ0n) is 8.00. The minimum atomic E-state index is -3.77. The van der Waals surface area contributed by atoms with Gasteiger partial charge >= 0.3 is 0 Å². The van der Waals surface area contributed by atoms with Crippen LogP contribution in [0.5, 0.6) is 0 Å². The summed E-state index contributed by atoms with van der Waals surface area (Å²) >= 11 is 0. The summed E-state index contributed by atoms with van der Waals surface area (Å²) in [4.78, 5) is 9.60. The first-order valence-corrected chi connectivity index (χ1v) is 5.55. The first kappa shape index (κ1) is 11.4. The molecule has 0 fully saturated rings. The van der Waals surface area contributed by atoms with Crippen LogP contribution in [0.1, 0.15) is 5.56 Å². The first-order valence-electron chi connectivity index (χ1n) is 4.01. The highest BCUT2D eigenvalue weighted by Gasteiger charge is 2.22. The lowest BCUT2D eigenvalue weighted by molar-refractivity contribution is -0.387. The van der Waals surface area contributed by atoms with Crippen molar-refractivity contribution in [1.29, 1.82) is 0 Å². The van der Waals surface area contributed by atoms with Crippen molar-refractivity contribution in [2.24, 2.45) is 0 Å². The van der Waals surface area contributed by atoms with Crippen molar-refractivity contribution >= 4 is 15.5 Å². The molecular weight excluding hydrogens is 218 g/mol. The fraction of sp³-hybridized carbons (Fsp3) is 0.111. The number of rotatable bonds is 3. The van der Waals surface area contributed by atoms with Gasteiger partial charge in [-0.05, 0) is 18.6 Å². The second-order valence-corrected chi connectivity index (χ2v) is 4.80. The van der Waals surface area contributed by atoms with E-state index in [4.69, 9.17) is 0 Å². The molecule has 0 amide bonds. The Labute approximate surface area is 87.1 Å². The highest BCUT2D eigenvalue weighted by Crippen LogP contribution is 2.25. The number of hydrogen-bond donors (Lipinski definition) is 0. The van der Waals surface area contributed by atoms with Crippen molar-refractivity contribution in [2.75, 3.05) is 0 Å². The molecule has 0 heterocycles. The van der Waals surface area contributed by atoms with E-state index in [2.05, 4.69) is 6.58 Å². The van der Waals surface area contributed by atoms with E-state index in [9.17, 15) is 18.5 Å². The van der Waals surface area contributed by atoms with Gasteiger partial charge in [0.2, 0.25) is 9.84 Å². The van der Waals surface area contributed by atoms with Gasteiger partial charge in [-0.3, -0.25) is 10.1 Å². The number of benzene rings is 1. The molecule has 1 rings (SSSR count). The van der Waals surface area contributed by atoms with Crippen LogP contribution in [0.15, 0.2) is 35.1 Å². The molecule has 0 spiro atoms. The van der Waals surface area contributed by atoms with Gasteiger partial charge in [-0.2, -0.15) is 0 Å². The lowest BCUT2D eigenvalue weighted by Crippen LogP contribution is -2.01. The van der Waals surface area contributed by atoms with E-state index in [-0.39, 0.29) is 4.90 Å². The third-order valence-corrected chi connectivity index (χ3v) is 3.23. The Morgan fingerprint density at radius 2 is 2.07 bits per heavy atom. The molecule has 1 aromatic rings. The fourth-order valence-corrected chi connectivity index (χ4v) is 1.96. The summed E-state index contributed by atoms with van der Waals surface area (Å²) in [6.45, 7) is 4.77. The highest BCUT2D eigenvalue weighted by atomic mass is 32.2. The fourth-order valence-electron chi connectivity index (χ4n) is 1.10. The summed E-state index contributed by atoms with van der Waals surface area (Å²) in [6, 6.07) is 3.93. The Morgan fingerprint density at radius 3 is 2.53 bits per heavy atom. The third-order valence-electron chi connectivity index (χ3n) is 1.84. The van der Waals surface area contributed by atoms with Gasteiger partial charge in [-0.25, -0.2) is 8.42 Å². The molecule has 0 N–H and O–H groups in total. The number of hydrogen-bond acceptors (Lipinski definition) is 4. The molecule has 6 heteroatoms. The maximum absolute atomic E-state index is 11.4. The quantitative estimate of drug-likeness (QED) is 0.583. The minimum absolute atomic E-state index is 0.326. The van der Waals surface area contributed by atoms with Crippen molar-refractivity contribution in [3.63, 3.8) is 0 Å². The molecule has 1 aromatic carbocycles. The summed E-state index contributed by atoms with van der Waals surface area (Å²) in [6.07, 6.45) is 0. The minimum Gasteiger partial charge on any atom is -0.258 e. The van der Waals surface area contributed by atoms with Gasteiger partial charge in [0.25, 0.3) is 5.69 Å². The lowest BCUT2D eigenvalue weighted by Gasteiger charge is -2.01. The molecule has 0 saturated heterocycles. The van der Waals surface area contributed by atoms with Crippen molar-refractivity contribution in [1.82, 2.24) is 0 Å². The standard InChI is InChI=1S/C9H9NO4S/c1-3-15(13,14)9-5-4-7(2)6-8(9)10(11)12/h3-6H,1H2,2H3. The van der Waals surface area contributed by atoms with E-state index in [0.29, 0.717) is 11.0 Å². The first-order chi connectivity index (χ1) is 6.88. The van der Waals surface area contributed by atoms with Crippen LogP contribution in [0, 0.1) is 17.0 Å². The van der Waals surface area contributed by atoms with E-state index in [1.807, 2.05) is 0 Å². The molecule has 0 aliphatic rings. The lowest BCUT2D eigenvalue weighted by atomic mass is 10.2. The Hall–Kier alpha value is -1.69. The highest BCUT2D eigenvalue weighted by molar-refractivity contribution is 7.94. The number of nitro benzene ring substituents is 1. The van der Waals surface area contributed by atoms with Crippen LogP contribution in [-0.4, -0.2) is 13.3 Å². The van der Waals surface area contributed by atoms with Gasteiger partial charge in [0, 0.05) is 11.5 Å². The number of nitro groups is 1. The average molecular weight is 227 g/mol. The molecule has 0 aliphatic carbocycles. The topological polar surface area (TPSA) is 77.3 Å². The van der Waals surface area contributed by atoms with E-state index < -0.39 is 20.4 Å². The summed E-state index contributed by atoms with van der Waals surface area (Å²) in [5, 5.41) is 11.3. The summed E-state index contributed by atoms with van der Waals surface area (Å²) in [5.41, 5.74) is 0.208. The van der Waals surface area contributed by atoms with Crippen molar-refractivity contribution < 1.29 is 13.3 Å². The number of sulfone groups is 1. The molecule has 0 unspecified atom stereocenters. The Kier molecular flexibility index (Phi) is 2.90. The molecule has 80 valence electrons. The van der Waals surface area contributed by atoms with Crippen molar-refractivity contribution in [3.8, 4) is 0 Å². The predicted molar refractivity (Wildman–Crippen MR) is 55.2 cm³/mol. The van der Waals surface area contributed by atoms with Gasteiger partial charge < -0.3 is 0 Å². The van der Waals surface area contributed by atoms with Crippen LogP contribution < -0.4 is 0 Å². The molecule has 0 saturated carbocycles. The van der Waals surface area contributed by atoms with Crippen LogP contribution in [-0.2, 0) is 9.84 Å². The second-order valence-electron chi connectivity index (χ2n) is 2.94. The van der Waals surface area contributed by atoms with Gasteiger partial charge in [0.15, 0.2) is 0 Å². The van der Waals surface area contributed by atoms with Gasteiger partial charge in [0.1, 0.15) is 4.90 Å². The molecule has 0 atom stereocenters. The van der Waals surface area contributed by atoms with Crippen molar-refractivity contribution in [2.45, 2.75) is 11.8 Å². The summed E-state index contributed by atoms with van der Waals surface area (Å²) < 4.78 is 22.8. The number of aryl methyl sites for hydroxylation is 1. The Morgan fingerprint density at radius 1 is 1.47 bits per heavy atom. The predicted octanol–water partition coefficient (Wildman–Crippen LogP) is 1.82. The van der Waals surface area contributed by atoms with E-state index in [0.717, 1.165) is 0 Å². The van der Waals surface area contributed by atoms with Crippen LogP contribution in [0.3, 0.4) is 0 Å².